The van der Waals surface area contributed by atoms with E-state index in [0.29, 0.717) is 24.8 Å². The molecule has 3 atom stereocenters. The van der Waals surface area contributed by atoms with E-state index >= 15 is 0 Å². The molecule has 1 aromatic heterocycles. The van der Waals surface area contributed by atoms with Crippen LogP contribution in [0.3, 0.4) is 0 Å². The van der Waals surface area contributed by atoms with Crippen LogP contribution in [0.25, 0.3) is 0 Å². The van der Waals surface area contributed by atoms with E-state index in [1.807, 2.05) is 24.9 Å². The summed E-state index contributed by atoms with van der Waals surface area (Å²) in [6.45, 7) is 2.61. The Balaban J connectivity index is 1.85. The maximum Gasteiger partial charge on any atom is 0.288 e. The van der Waals surface area contributed by atoms with Crippen molar-refractivity contribution in [2.45, 2.75) is 70.1 Å². The Bertz CT molecular complexity index is 639. The first-order valence-electron chi connectivity index (χ1n) is 10.6. The third kappa shape index (κ3) is 4.97. The largest absolute Gasteiger partial charge is 0.459 e. The molecule has 2 heterocycles. The number of likely N-dealkylation sites (N-methyl/N-ethyl adjacent to an activating group) is 1. The highest BCUT2D eigenvalue weighted by Gasteiger charge is 2.39. The van der Waals surface area contributed by atoms with Gasteiger partial charge in [0, 0.05) is 38.1 Å². The van der Waals surface area contributed by atoms with Gasteiger partial charge in [0.25, 0.3) is 5.91 Å². The Labute approximate surface area is 172 Å². The second-order valence-corrected chi connectivity index (χ2v) is 8.57. The van der Waals surface area contributed by atoms with Gasteiger partial charge in [0.2, 0.25) is 6.29 Å². The Morgan fingerprint density at radius 3 is 2.79 bits per heavy atom. The van der Waals surface area contributed by atoms with Crippen LogP contribution in [-0.2, 0) is 14.3 Å². The Morgan fingerprint density at radius 1 is 1.36 bits per heavy atom. The van der Waals surface area contributed by atoms with Crippen LogP contribution in [0.2, 0.25) is 0 Å². The topological polar surface area (TPSA) is 59.0 Å². The molecule has 1 saturated carbocycles. The van der Waals surface area contributed by atoms with Crippen molar-refractivity contribution in [1.82, 2.24) is 4.90 Å². The maximum absolute atomic E-state index is 13.2. The van der Waals surface area contributed by atoms with Crippen molar-refractivity contribution >= 4 is 17.2 Å². The number of aliphatic hydroxyl groups excluding tert-OH is 1. The van der Waals surface area contributed by atoms with Crippen molar-refractivity contribution in [3.63, 3.8) is 0 Å². The van der Waals surface area contributed by atoms with Gasteiger partial charge in [0.05, 0.1) is 0 Å². The minimum atomic E-state index is -0.467. The lowest BCUT2D eigenvalue weighted by Crippen LogP contribution is -2.43. The summed E-state index contributed by atoms with van der Waals surface area (Å²) in [5, 5.41) is 13.5. The van der Waals surface area contributed by atoms with E-state index in [-0.39, 0.29) is 24.3 Å². The Hall–Kier alpha value is -1.37. The van der Waals surface area contributed by atoms with Gasteiger partial charge in [-0.05, 0) is 61.1 Å². The summed E-state index contributed by atoms with van der Waals surface area (Å²) in [5.41, 5.74) is 1.19. The number of hydrogen-bond acceptors (Lipinski definition) is 5. The minimum absolute atomic E-state index is 0.0440. The number of aliphatic hydroxyl groups is 1. The second-order valence-electron chi connectivity index (χ2n) is 7.79. The van der Waals surface area contributed by atoms with Gasteiger partial charge in [-0.2, -0.15) is 11.3 Å². The number of carbonyl (C=O) groups is 1. The summed E-state index contributed by atoms with van der Waals surface area (Å²) in [6, 6.07) is 2.40. The molecule has 1 aliphatic carbocycles. The van der Waals surface area contributed by atoms with Crippen molar-refractivity contribution < 1.29 is 19.4 Å². The molecular weight excluding hydrogens is 374 g/mol. The van der Waals surface area contributed by atoms with Crippen LogP contribution in [0.4, 0.5) is 0 Å². The maximum atomic E-state index is 13.2. The fourth-order valence-electron chi connectivity index (χ4n) is 4.41. The quantitative estimate of drug-likeness (QED) is 0.698. The van der Waals surface area contributed by atoms with Crippen LogP contribution in [0.1, 0.15) is 63.4 Å². The van der Waals surface area contributed by atoms with Crippen LogP contribution in [-0.4, -0.2) is 48.5 Å². The molecule has 1 N–H and O–H groups in total. The van der Waals surface area contributed by atoms with Gasteiger partial charge in [-0.1, -0.05) is 19.3 Å². The molecular formula is C22H33NO4S. The van der Waals surface area contributed by atoms with Gasteiger partial charge < -0.3 is 19.5 Å². The highest BCUT2D eigenvalue weighted by molar-refractivity contribution is 7.08. The molecule has 1 aromatic rings. The van der Waals surface area contributed by atoms with Gasteiger partial charge in [-0.3, -0.25) is 4.79 Å². The molecule has 5 nitrogen and oxygen atoms in total. The Morgan fingerprint density at radius 2 is 2.14 bits per heavy atom. The molecule has 0 radical (unpaired) electrons. The molecule has 0 saturated heterocycles. The number of carbonyl (C=O) groups excluding carboxylic acids is 1. The van der Waals surface area contributed by atoms with E-state index in [9.17, 15) is 9.90 Å². The second kappa shape index (κ2) is 10.4. The summed E-state index contributed by atoms with van der Waals surface area (Å²) in [4.78, 5) is 15.1. The summed E-state index contributed by atoms with van der Waals surface area (Å²) >= 11 is 1.66. The first-order valence-corrected chi connectivity index (χ1v) is 11.5. The molecule has 6 heteroatoms. The van der Waals surface area contributed by atoms with E-state index in [4.69, 9.17) is 9.47 Å². The van der Waals surface area contributed by atoms with Gasteiger partial charge in [0.15, 0.2) is 5.76 Å². The molecule has 0 aromatic carbocycles. The number of hydrogen-bond donors (Lipinski definition) is 1. The van der Waals surface area contributed by atoms with Gasteiger partial charge in [0.1, 0.15) is 0 Å². The first-order chi connectivity index (χ1) is 13.7. The number of allylic oxidation sites excluding steroid dienone is 1. The van der Waals surface area contributed by atoms with Crippen LogP contribution in [0.5, 0.6) is 0 Å². The SMILES string of the molecule is CCO[C@@H]1OC(C(=O)N(C)C2CCCCC2)=C[C@H](c2ccsc2)[C@H]1CCCO. The fraction of sp³-hybridized carbons (Fsp3) is 0.682. The predicted molar refractivity (Wildman–Crippen MR) is 111 cm³/mol. The van der Waals surface area contributed by atoms with Gasteiger partial charge in [-0.25, -0.2) is 0 Å². The van der Waals surface area contributed by atoms with Crippen molar-refractivity contribution in [3.05, 3.63) is 34.2 Å². The molecule has 2 aliphatic rings. The number of thiophene rings is 1. The number of amides is 1. The van der Waals surface area contributed by atoms with Crippen molar-refractivity contribution in [2.75, 3.05) is 20.3 Å². The van der Waals surface area contributed by atoms with Crippen LogP contribution >= 0.6 is 11.3 Å². The van der Waals surface area contributed by atoms with Crippen LogP contribution < -0.4 is 0 Å². The molecule has 1 fully saturated rings. The molecule has 0 bridgehead atoms. The third-order valence-electron chi connectivity index (χ3n) is 5.99. The van der Waals surface area contributed by atoms with E-state index in [0.717, 1.165) is 19.3 Å². The van der Waals surface area contributed by atoms with Gasteiger partial charge >= 0.3 is 0 Å². The molecule has 1 amide bonds. The monoisotopic (exact) mass is 407 g/mol. The molecule has 0 spiro atoms. The fourth-order valence-corrected chi connectivity index (χ4v) is 5.12. The predicted octanol–water partition coefficient (Wildman–Crippen LogP) is 4.29. The summed E-state index contributed by atoms with van der Waals surface area (Å²) < 4.78 is 12.0. The smallest absolute Gasteiger partial charge is 0.288 e. The standard InChI is InChI=1S/C22H33NO4S/c1-3-26-22-18(10-7-12-24)19(16-11-13-28-15-16)14-20(27-22)21(25)23(2)17-8-5-4-6-9-17/h11,13-15,17-19,22,24H,3-10,12H2,1-2H3/t18-,19-,22-/m1/s1. The lowest BCUT2D eigenvalue weighted by atomic mass is 9.81. The summed E-state index contributed by atoms with van der Waals surface area (Å²) in [7, 11) is 1.90. The highest BCUT2D eigenvalue weighted by atomic mass is 32.1. The van der Waals surface area contributed by atoms with Crippen molar-refractivity contribution in [3.8, 4) is 0 Å². The van der Waals surface area contributed by atoms with Crippen molar-refractivity contribution in [1.29, 1.82) is 0 Å². The first kappa shape index (κ1) is 21.3. The van der Waals surface area contributed by atoms with E-state index in [1.165, 1.54) is 24.8 Å². The normalized spacial score (nSPS) is 25.8. The van der Waals surface area contributed by atoms with E-state index < -0.39 is 6.29 Å². The average molecular weight is 408 g/mol. The number of rotatable bonds is 8. The Kier molecular flexibility index (Phi) is 7.94. The average Bonchev–Trinajstić information content (AvgIpc) is 3.27. The van der Waals surface area contributed by atoms with Crippen LogP contribution in [0, 0.1) is 5.92 Å². The lowest BCUT2D eigenvalue weighted by molar-refractivity contribution is -0.170. The minimum Gasteiger partial charge on any atom is -0.459 e. The van der Waals surface area contributed by atoms with Gasteiger partial charge in [-0.15, -0.1) is 0 Å². The molecule has 156 valence electrons. The van der Waals surface area contributed by atoms with E-state index in [2.05, 4.69) is 16.8 Å². The third-order valence-corrected chi connectivity index (χ3v) is 6.69. The van der Waals surface area contributed by atoms with Crippen LogP contribution in [0.15, 0.2) is 28.7 Å². The zero-order chi connectivity index (χ0) is 19.9. The molecule has 1 aliphatic heterocycles. The highest BCUT2D eigenvalue weighted by Crippen LogP contribution is 2.40. The zero-order valence-electron chi connectivity index (χ0n) is 17.0. The zero-order valence-corrected chi connectivity index (χ0v) is 17.8. The molecule has 0 unspecified atom stereocenters. The molecule has 28 heavy (non-hydrogen) atoms. The van der Waals surface area contributed by atoms with Crippen molar-refractivity contribution in [2.24, 2.45) is 5.92 Å². The van der Waals surface area contributed by atoms with E-state index in [1.54, 1.807) is 11.3 Å². The summed E-state index contributed by atoms with van der Waals surface area (Å²) in [6.07, 6.45) is 8.77. The lowest BCUT2D eigenvalue weighted by Gasteiger charge is -2.38. The summed E-state index contributed by atoms with van der Waals surface area (Å²) in [5.74, 6) is 0.500. The number of nitrogens with zero attached hydrogens (tertiary/aromatic N) is 1. The molecule has 3 rings (SSSR count). The number of ether oxygens (including phenoxy) is 2.